The summed E-state index contributed by atoms with van der Waals surface area (Å²) >= 11 is 0. The van der Waals surface area contributed by atoms with E-state index in [2.05, 4.69) is 31.3 Å². The summed E-state index contributed by atoms with van der Waals surface area (Å²) in [5.41, 5.74) is 0. The molecule has 1 heterocycles. The summed E-state index contributed by atoms with van der Waals surface area (Å²) in [6.07, 6.45) is 55.9. The molecule has 1 saturated heterocycles. The fourth-order valence-corrected chi connectivity index (χ4v) is 10.2. The number of nitrogens with one attached hydrogen (secondary N) is 1. The second-order valence-electron chi connectivity index (χ2n) is 22.5. The van der Waals surface area contributed by atoms with Crippen LogP contribution in [0.1, 0.15) is 309 Å². The highest BCUT2D eigenvalue weighted by atomic mass is 16.7. The molecule has 0 saturated carbocycles. The molecule has 7 atom stereocenters. The van der Waals surface area contributed by atoms with E-state index in [9.17, 15) is 35.1 Å². The maximum absolute atomic E-state index is 13.0. The molecule has 6 N–H and O–H groups in total. The van der Waals surface area contributed by atoms with Gasteiger partial charge in [0.15, 0.2) is 6.29 Å². The van der Waals surface area contributed by atoms with Crippen molar-refractivity contribution in [1.29, 1.82) is 0 Å². The van der Waals surface area contributed by atoms with Crippen LogP contribution in [-0.4, -0.2) is 100 Å². The summed E-state index contributed by atoms with van der Waals surface area (Å²) in [6.45, 7) is 4.33. The molecule has 11 nitrogen and oxygen atoms in total. The summed E-state index contributed by atoms with van der Waals surface area (Å²) in [6, 6.07) is -0.811. The number of carbonyl (C=O) groups is 2. The maximum Gasteiger partial charge on any atom is 0.305 e. The van der Waals surface area contributed by atoms with Gasteiger partial charge in [0.2, 0.25) is 5.91 Å². The third-order valence-corrected chi connectivity index (χ3v) is 15.3. The number of esters is 1. The minimum Gasteiger partial charge on any atom is -0.466 e. The van der Waals surface area contributed by atoms with Crippen LogP contribution in [0.2, 0.25) is 0 Å². The predicted octanol–water partition coefficient (Wildman–Crippen LogP) is 15.3. The number of allylic oxidation sites excluding steroid dienone is 3. The van der Waals surface area contributed by atoms with E-state index in [1.54, 1.807) is 6.08 Å². The van der Waals surface area contributed by atoms with Gasteiger partial charge in [-0.3, -0.25) is 9.59 Å². The van der Waals surface area contributed by atoms with Gasteiger partial charge in [-0.1, -0.05) is 263 Å². The van der Waals surface area contributed by atoms with Crippen LogP contribution < -0.4 is 5.32 Å². The van der Waals surface area contributed by atoms with Crippen molar-refractivity contribution in [3.8, 4) is 0 Å². The molecule has 0 aromatic carbocycles. The standard InChI is InChI=1S/C64H121NO10/c1-3-5-7-9-11-13-14-15-29-32-36-40-44-48-52-60(69)73-53-49-45-41-37-33-30-27-25-23-21-19-17-16-18-20-22-24-26-28-31-35-39-43-47-51-59(68)65-56(57(67)50-46-42-38-34-12-10-8-6-4-2)55-74-64-63(72)62(71)61(70)58(54-66)75-64/h18,20,46,50,56-58,61-64,66-67,70-72H,3-17,19,21-45,47-49,51-55H2,1-2H3,(H,65,68)/b20-18-,50-46+. The molecule has 0 aromatic heterocycles. The van der Waals surface area contributed by atoms with Crippen molar-refractivity contribution >= 4 is 11.9 Å². The van der Waals surface area contributed by atoms with Gasteiger partial charge in [0.05, 0.1) is 32.0 Å². The molecule has 1 aliphatic heterocycles. The Labute approximate surface area is 461 Å². The summed E-state index contributed by atoms with van der Waals surface area (Å²) < 4.78 is 16.7. The van der Waals surface area contributed by atoms with Gasteiger partial charge in [-0.2, -0.15) is 0 Å². The number of hydrogen-bond donors (Lipinski definition) is 6. The predicted molar refractivity (Wildman–Crippen MR) is 311 cm³/mol. The lowest BCUT2D eigenvalue weighted by atomic mass is 9.99. The van der Waals surface area contributed by atoms with Crippen LogP contribution in [0.3, 0.4) is 0 Å². The second kappa shape index (κ2) is 54.1. The first-order chi connectivity index (χ1) is 36.7. The van der Waals surface area contributed by atoms with E-state index in [-0.39, 0.29) is 18.5 Å². The van der Waals surface area contributed by atoms with E-state index in [4.69, 9.17) is 14.2 Å². The van der Waals surface area contributed by atoms with Gasteiger partial charge in [-0.15, -0.1) is 0 Å². The molecule has 0 radical (unpaired) electrons. The summed E-state index contributed by atoms with van der Waals surface area (Å²) in [5, 5.41) is 54.2. The highest BCUT2D eigenvalue weighted by molar-refractivity contribution is 5.76. The molecular formula is C64H121NO10. The number of aliphatic hydroxyl groups excluding tert-OH is 5. The molecule has 0 spiro atoms. The number of aliphatic hydroxyl groups is 5. The number of hydrogen-bond acceptors (Lipinski definition) is 10. The van der Waals surface area contributed by atoms with Gasteiger partial charge < -0.3 is 45.1 Å². The lowest BCUT2D eigenvalue weighted by molar-refractivity contribution is -0.302. The number of amides is 1. The lowest BCUT2D eigenvalue weighted by Gasteiger charge is -2.40. The largest absolute Gasteiger partial charge is 0.466 e. The third-order valence-electron chi connectivity index (χ3n) is 15.3. The Kier molecular flexibility index (Phi) is 51.3. The topological polar surface area (TPSA) is 175 Å². The Morgan fingerprint density at radius 2 is 0.853 bits per heavy atom. The van der Waals surface area contributed by atoms with Crippen molar-refractivity contribution in [3.05, 3.63) is 24.3 Å². The Morgan fingerprint density at radius 1 is 0.480 bits per heavy atom. The molecule has 1 amide bonds. The Balaban J connectivity index is 1.97. The van der Waals surface area contributed by atoms with Gasteiger partial charge in [0.25, 0.3) is 0 Å². The first kappa shape index (κ1) is 71.2. The van der Waals surface area contributed by atoms with Gasteiger partial charge in [0.1, 0.15) is 24.4 Å². The van der Waals surface area contributed by atoms with Gasteiger partial charge in [-0.25, -0.2) is 0 Å². The van der Waals surface area contributed by atoms with Crippen LogP contribution in [0.4, 0.5) is 0 Å². The van der Waals surface area contributed by atoms with E-state index < -0.39 is 49.5 Å². The molecule has 0 bridgehead atoms. The molecule has 1 aliphatic rings. The highest BCUT2D eigenvalue weighted by Gasteiger charge is 2.44. The lowest BCUT2D eigenvalue weighted by Crippen LogP contribution is -2.60. The van der Waals surface area contributed by atoms with Crippen LogP contribution >= 0.6 is 0 Å². The molecule has 0 aliphatic carbocycles. The molecular weight excluding hydrogens is 943 g/mol. The fourth-order valence-electron chi connectivity index (χ4n) is 10.2. The van der Waals surface area contributed by atoms with Crippen LogP contribution in [0.15, 0.2) is 24.3 Å². The quantitative estimate of drug-likeness (QED) is 0.0195. The first-order valence-electron chi connectivity index (χ1n) is 32.1. The second-order valence-corrected chi connectivity index (χ2v) is 22.5. The minimum atomic E-state index is -1.57. The number of ether oxygens (including phenoxy) is 3. The van der Waals surface area contributed by atoms with Crippen molar-refractivity contribution in [1.82, 2.24) is 5.32 Å². The van der Waals surface area contributed by atoms with Crippen LogP contribution in [0.25, 0.3) is 0 Å². The molecule has 1 rings (SSSR count). The van der Waals surface area contributed by atoms with E-state index in [1.165, 1.54) is 218 Å². The molecule has 75 heavy (non-hydrogen) atoms. The number of rotatable bonds is 56. The van der Waals surface area contributed by atoms with Crippen molar-refractivity contribution in [2.24, 2.45) is 0 Å². The maximum atomic E-state index is 13.0. The summed E-state index contributed by atoms with van der Waals surface area (Å²) in [5.74, 6) is -0.184. The van der Waals surface area contributed by atoms with Crippen LogP contribution in [0.5, 0.6) is 0 Å². The first-order valence-corrected chi connectivity index (χ1v) is 32.1. The average molecular weight is 1060 g/mol. The highest BCUT2D eigenvalue weighted by Crippen LogP contribution is 2.23. The van der Waals surface area contributed by atoms with E-state index >= 15 is 0 Å². The van der Waals surface area contributed by atoms with Gasteiger partial charge in [0, 0.05) is 12.8 Å². The monoisotopic (exact) mass is 1060 g/mol. The van der Waals surface area contributed by atoms with Crippen LogP contribution in [0, 0.1) is 0 Å². The minimum absolute atomic E-state index is 0.00383. The third kappa shape index (κ3) is 43.7. The Hall–Kier alpha value is -1.86. The fraction of sp³-hybridized carbons (Fsp3) is 0.906. The van der Waals surface area contributed by atoms with E-state index in [0.29, 0.717) is 19.4 Å². The molecule has 442 valence electrons. The zero-order valence-electron chi connectivity index (χ0n) is 48.8. The number of carbonyl (C=O) groups excluding carboxylic acids is 2. The smallest absolute Gasteiger partial charge is 0.305 e. The van der Waals surface area contributed by atoms with E-state index in [0.717, 1.165) is 64.2 Å². The summed E-state index contributed by atoms with van der Waals surface area (Å²) in [7, 11) is 0. The van der Waals surface area contributed by atoms with Gasteiger partial charge >= 0.3 is 5.97 Å². The Bertz CT molecular complexity index is 1300. The van der Waals surface area contributed by atoms with Gasteiger partial charge in [-0.05, 0) is 57.8 Å². The average Bonchev–Trinajstić information content (AvgIpc) is 3.41. The summed E-state index contributed by atoms with van der Waals surface area (Å²) in [4.78, 5) is 25.1. The van der Waals surface area contributed by atoms with Crippen molar-refractivity contribution in [3.63, 3.8) is 0 Å². The van der Waals surface area contributed by atoms with Crippen molar-refractivity contribution in [2.45, 2.75) is 352 Å². The molecule has 1 fully saturated rings. The number of unbranched alkanes of at least 4 members (excludes halogenated alkanes) is 40. The zero-order valence-corrected chi connectivity index (χ0v) is 48.8. The SMILES string of the molecule is CCCCCCCCC/C=C/C(O)C(COC1OC(CO)C(O)C(O)C1O)NC(=O)CCCCCCCCCC/C=C\CCCCCCCCCCCCCCOC(=O)CCCCCCCCCCCCCCCC. The molecule has 7 unspecified atom stereocenters. The molecule has 11 heteroatoms. The van der Waals surface area contributed by atoms with Crippen molar-refractivity contribution < 1.29 is 49.3 Å². The van der Waals surface area contributed by atoms with Crippen LogP contribution in [-0.2, 0) is 23.8 Å². The Morgan fingerprint density at radius 3 is 1.28 bits per heavy atom. The zero-order chi connectivity index (χ0) is 54.5. The normalized spacial score (nSPS) is 18.8. The van der Waals surface area contributed by atoms with E-state index in [1.807, 2.05) is 6.08 Å². The molecule has 0 aromatic rings. The van der Waals surface area contributed by atoms with Crippen molar-refractivity contribution in [2.75, 3.05) is 19.8 Å².